The summed E-state index contributed by atoms with van der Waals surface area (Å²) in [4.78, 5) is 12.8. The summed E-state index contributed by atoms with van der Waals surface area (Å²) in [6.07, 6.45) is 1.38. The highest BCUT2D eigenvalue weighted by atomic mass is 32.2. The van der Waals surface area contributed by atoms with Crippen molar-refractivity contribution in [3.8, 4) is 11.5 Å². The highest BCUT2D eigenvalue weighted by molar-refractivity contribution is 7.99. The van der Waals surface area contributed by atoms with E-state index in [1.165, 1.54) is 11.8 Å². The Hall–Kier alpha value is -3.26. The summed E-state index contributed by atoms with van der Waals surface area (Å²) in [6, 6.07) is 13.6. The van der Waals surface area contributed by atoms with E-state index >= 15 is 0 Å². The van der Waals surface area contributed by atoms with E-state index in [0.717, 1.165) is 16.8 Å². The van der Waals surface area contributed by atoms with Crippen molar-refractivity contribution in [2.45, 2.75) is 44.5 Å². The van der Waals surface area contributed by atoms with Crippen molar-refractivity contribution >= 4 is 23.4 Å². The zero-order valence-electron chi connectivity index (χ0n) is 19.1. The normalized spacial score (nSPS) is 14.8. The Morgan fingerprint density at radius 1 is 1.24 bits per heavy atom. The molecule has 7 nitrogen and oxygen atoms in total. The maximum atomic E-state index is 12.8. The zero-order valence-corrected chi connectivity index (χ0v) is 19.9. The van der Waals surface area contributed by atoms with Crippen molar-refractivity contribution in [1.29, 1.82) is 0 Å². The number of carbonyl (C=O) groups excluding carboxylic acids is 1. The summed E-state index contributed by atoms with van der Waals surface area (Å²) in [6.45, 7) is 10.9. The van der Waals surface area contributed by atoms with E-state index in [4.69, 9.17) is 9.47 Å². The molecule has 0 fully saturated rings. The van der Waals surface area contributed by atoms with E-state index in [1.807, 2.05) is 47.9 Å². The molecule has 0 aliphatic carbocycles. The van der Waals surface area contributed by atoms with Gasteiger partial charge in [0.1, 0.15) is 6.61 Å². The predicted octanol–water partition coefficient (Wildman–Crippen LogP) is 5.14. The Morgan fingerprint density at radius 3 is 2.79 bits per heavy atom. The van der Waals surface area contributed by atoms with E-state index in [1.54, 1.807) is 6.08 Å². The fourth-order valence-corrected chi connectivity index (χ4v) is 4.50. The predicted molar refractivity (Wildman–Crippen MR) is 130 cm³/mol. The summed E-state index contributed by atoms with van der Waals surface area (Å²) >= 11 is 1.34. The van der Waals surface area contributed by atoms with Gasteiger partial charge in [0.15, 0.2) is 28.6 Å². The van der Waals surface area contributed by atoms with Crippen molar-refractivity contribution in [3.05, 3.63) is 72.1 Å². The topological polar surface area (TPSA) is 78.3 Å². The first kappa shape index (κ1) is 22.9. The lowest BCUT2D eigenvalue weighted by molar-refractivity contribution is -0.113. The first-order chi connectivity index (χ1) is 16.0. The zero-order chi connectivity index (χ0) is 23.4. The fourth-order valence-electron chi connectivity index (χ4n) is 3.74. The van der Waals surface area contributed by atoms with E-state index in [2.05, 4.69) is 42.0 Å². The minimum atomic E-state index is -0.393. The third-order valence-corrected chi connectivity index (χ3v) is 6.34. The molecule has 1 atom stereocenters. The van der Waals surface area contributed by atoms with Crippen LogP contribution in [0.15, 0.2) is 60.3 Å². The number of hydrogen-bond donors (Lipinski definition) is 1. The monoisotopic (exact) mass is 464 g/mol. The Balaban J connectivity index is 1.47. The molecule has 2 aromatic carbocycles. The number of para-hydroxylation sites is 3. The summed E-state index contributed by atoms with van der Waals surface area (Å²) in [5.74, 6) is 2.48. The third-order valence-electron chi connectivity index (χ3n) is 5.38. The number of benzene rings is 2. The number of amides is 1. The van der Waals surface area contributed by atoms with Gasteiger partial charge in [0.25, 0.3) is 0 Å². The van der Waals surface area contributed by atoms with Crippen LogP contribution in [-0.4, -0.2) is 33.0 Å². The van der Waals surface area contributed by atoms with Crippen LogP contribution in [0.4, 0.5) is 5.69 Å². The van der Waals surface area contributed by atoms with E-state index in [0.29, 0.717) is 41.5 Å². The minimum absolute atomic E-state index is 0.0860. The Kier molecular flexibility index (Phi) is 7.03. The number of anilines is 1. The summed E-state index contributed by atoms with van der Waals surface area (Å²) in [5, 5.41) is 12.4. The molecule has 1 amide bonds. The first-order valence-electron chi connectivity index (χ1n) is 10.9. The van der Waals surface area contributed by atoms with Gasteiger partial charge >= 0.3 is 0 Å². The van der Waals surface area contributed by atoms with Gasteiger partial charge in [0.05, 0.1) is 5.75 Å². The molecule has 8 heteroatoms. The number of aryl methyl sites for hydroxylation is 1. The molecule has 0 spiro atoms. The van der Waals surface area contributed by atoms with Gasteiger partial charge in [0.2, 0.25) is 5.91 Å². The number of aromatic nitrogens is 3. The van der Waals surface area contributed by atoms with Crippen LogP contribution in [0.2, 0.25) is 0 Å². The Labute approximate surface area is 198 Å². The molecule has 2 heterocycles. The van der Waals surface area contributed by atoms with Crippen LogP contribution in [0, 0.1) is 6.92 Å². The summed E-state index contributed by atoms with van der Waals surface area (Å²) in [7, 11) is 0. The van der Waals surface area contributed by atoms with Crippen LogP contribution in [0.3, 0.4) is 0 Å². The van der Waals surface area contributed by atoms with Crippen LogP contribution in [0.5, 0.6) is 11.5 Å². The molecule has 0 saturated heterocycles. The average Bonchev–Trinajstić information content (AvgIpc) is 3.21. The van der Waals surface area contributed by atoms with Crippen LogP contribution < -0.4 is 14.8 Å². The molecule has 172 valence electrons. The second kappa shape index (κ2) is 10.1. The second-order valence-electron chi connectivity index (χ2n) is 8.13. The standard InChI is InChI=1S/C25H28N4O3S/c1-5-13-29-24(21-14-31-19-11-6-7-12-20(19)32-21)27-28-25(29)33-15-22(30)26-23-17(4)9-8-10-18(23)16(2)3/h5-12,16,21H,1,13-15H2,2-4H3,(H,26,30)/t21-/m0/s1. The number of nitrogens with zero attached hydrogens (tertiary/aromatic N) is 3. The summed E-state index contributed by atoms with van der Waals surface area (Å²) in [5.41, 5.74) is 3.06. The van der Waals surface area contributed by atoms with Crippen LogP contribution in [0.25, 0.3) is 0 Å². The Bertz CT molecular complexity index is 1160. The van der Waals surface area contributed by atoms with Crippen LogP contribution >= 0.6 is 11.8 Å². The van der Waals surface area contributed by atoms with E-state index in [9.17, 15) is 4.79 Å². The van der Waals surface area contributed by atoms with Gasteiger partial charge in [-0.15, -0.1) is 16.8 Å². The molecule has 0 unspecified atom stereocenters. The lowest BCUT2D eigenvalue weighted by Gasteiger charge is -2.26. The molecule has 4 rings (SSSR count). The van der Waals surface area contributed by atoms with Crippen molar-refractivity contribution in [3.63, 3.8) is 0 Å². The number of thioether (sulfide) groups is 1. The molecular formula is C25H28N4O3S. The number of carbonyl (C=O) groups is 1. The van der Waals surface area contributed by atoms with E-state index < -0.39 is 6.10 Å². The number of allylic oxidation sites excluding steroid dienone is 1. The molecule has 0 bridgehead atoms. The number of ether oxygens (including phenoxy) is 2. The van der Waals surface area contributed by atoms with Gasteiger partial charge in [0, 0.05) is 12.2 Å². The molecule has 1 N–H and O–H groups in total. The van der Waals surface area contributed by atoms with Crippen molar-refractivity contribution in [1.82, 2.24) is 14.8 Å². The lowest BCUT2D eigenvalue weighted by atomic mass is 9.98. The molecular weight excluding hydrogens is 436 g/mol. The minimum Gasteiger partial charge on any atom is -0.485 e. The molecule has 1 aromatic heterocycles. The molecule has 1 aliphatic rings. The molecule has 3 aromatic rings. The van der Waals surface area contributed by atoms with Gasteiger partial charge in [-0.2, -0.15) is 0 Å². The van der Waals surface area contributed by atoms with Gasteiger partial charge in [-0.25, -0.2) is 0 Å². The maximum absolute atomic E-state index is 12.8. The SMILES string of the molecule is C=CCn1c(SCC(=O)Nc2c(C)cccc2C(C)C)nnc1[C@@H]1COc2ccccc2O1. The van der Waals surface area contributed by atoms with Gasteiger partial charge in [-0.3, -0.25) is 9.36 Å². The van der Waals surface area contributed by atoms with Gasteiger partial charge < -0.3 is 14.8 Å². The molecule has 0 saturated carbocycles. The van der Waals surface area contributed by atoms with Crippen LogP contribution in [0.1, 0.15) is 42.8 Å². The lowest BCUT2D eigenvalue weighted by Crippen LogP contribution is -2.25. The maximum Gasteiger partial charge on any atom is 0.234 e. The average molecular weight is 465 g/mol. The largest absolute Gasteiger partial charge is 0.485 e. The molecule has 33 heavy (non-hydrogen) atoms. The fraction of sp³-hybridized carbons (Fsp3) is 0.320. The van der Waals surface area contributed by atoms with Crippen LogP contribution in [-0.2, 0) is 11.3 Å². The third kappa shape index (κ3) is 5.06. The summed E-state index contributed by atoms with van der Waals surface area (Å²) < 4.78 is 13.9. The van der Waals surface area contributed by atoms with Crippen molar-refractivity contribution in [2.24, 2.45) is 0 Å². The Morgan fingerprint density at radius 2 is 2.03 bits per heavy atom. The second-order valence-corrected chi connectivity index (χ2v) is 9.08. The highest BCUT2D eigenvalue weighted by Crippen LogP contribution is 2.36. The number of fused-ring (bicyclic) bond motifs is 1. The first-order valence-corrected chi connectivity index (χ1v) is 11.9. The number of nitrogens with one attached hydrogen (secondary N) is 1. The quantitative estimate of drug-likeness (QED) is 0.367. The smallest absolute Gasteiger partial charge is 0.234 e. The highest BCUT2D eigenvalue weighted by Gasteiger charge is 2.28. The molecule has 0 radical (unpaired) electrons. The van der Waals surface area contributed by atoms with Crippen molar-refractivity contribution in [2.75, 3.05) is 17.7 Å². The number of rotatable bonds is 8. The number of hydrogen-bond acceptors (Lipinski definition) is 6. The van der Waals surface area contributed by atoms with Crippen molar-refractivity contribution < 1.29 is 14.3 Å². The van der Waals surface area contributed by atoms with Gasteiger partial charge in [-0.1, -0.05) is 62.0 Å². The molecule has 1 aliphatic heterocycles. The van der Waals surface area contributed by atoms with Gasteiger partial charge in [-0.05, 0) is 36.1 Å². The van der Waals surface area contributed by atoms with E-state index in [-0.39, 0.29) is 11.7 Å².